The molecular formula is C11H12FNO. The highest BCUT2D eigenvalue weighted by Gasteiger charge is 2.11. The molecule has 0 radical (unpaired) electrons. The summed E-state index contributed by atoms with van der Waals surface area (Å²) in [5.41, 5.74) is 1.66. The molecule has 1 atom stereocenters. The van der Waals surface area contributed by atoms with Crippen molar-refractivity contribution in [3.63, 3.8) is 0 Å². The summed E-state index contributed by atoms with van der Waals surface area (Å²) in [6, 6.07) is 4.81. The number of halogens is 1. The Kier molecular flexibility index (Phi) is 2.25. The van der Waals surface area contributed by atoms with E-state index < -0.39 is 0 Å². The first-order chi connectivity index (χ1) is 6.72. The average Bonchev–Trinajstić information content (AvgIpc) is 2.59. The SMILES string of the molecule is CNC(C)c1coc2cc(F)ccc12. The van der Waals surface area contributed by atoms with Gasteiger partial charge >= 0.3 is 0 Å². The van der Waals surface area contributed by atoms with Crippen LogP contribution in [-0.2, 0) is 0 Å². The van der Waals surface area contributed by atoms with Gasteiger partial charge in [0.1, 0.15) is 11.4 Å². The first-order valence-electron chi connectivity index (χ1n) is 4.56. The lowest BCUT2D eigenvalue weighted by Crippen LogP contribution is -2.11. The fourth-order valence-corrected chi connectivity index (χ4v) is 1.51. The molecule has 1 aromatic heterocycles. The summed E-state index contributed by atoms with van der Waals surface area (Å²) in [6.07, 6.45) is 1.67. The van der Waals surface area contributed by atoms with Crippen molar-refractivity contribution in [2.45, 2.75) is 13.0 Å². The number of fused-ring (bicyclic) bond motifs is 1. The smallest absolute Gasteiger partial charge is 0.137 e. The van der Waals surface area contributed by atoms with Crippen molar-refractivity contribution in [3.05, 3.63) is 35.8 Å². The topological polar surface area (TPSA) is 25.2 Å². The molecule has 0 amide bonds. The van der Waals surface area contributed by atoms with Crippen LogP contribution < -0.4 is 5.32 Å². The Morgan fingerprint density at radius 3 is 2.93 bits per heavy atom. The van der Waals surface area contributed by atoms with Crippen molar-refractivity contribution in [3.8, 4) is 0 Å². The molecular weight excluding hydrogens is 181 g/mol. The summed E-state index contributed by atoms with van der Waals surface area (Å²) in [7, 11) is 1.88. The lowest BCUT2D eigenvalue weighted by molar-refractivity contribution is 0.582. The minimum atomic E-state index is -0.268. The highest BCUT2D eigenvalue weighted by atomic mass is 19.1. The predicted molar refractivity (Wildman–Crippen MR) is 53.6 cm³/mol. The van der Waals surface area contributed by atoms with Gasteiger partial charge in [-0.15, -0.1) is 0 Å². The zero-order chi connectivity index (χ0) is 10.1. The van der Waals surface area contributed by atoms with E-state index in [0.717, 1.165) is 10.9 Å². The van der Waals surface area contributed by atoms with E-state index in [9.17, 15) is 4.39 Å². The normalized spacial score (nSPS) is 13.4. The standard InChI is InChI=1S/C11H12FNO/c1-7(13-2)10-6-14-11-5-8(12)3-4-9(10)11/h3-7,13H,1-2H3. The van der Waals surface area contributed by atoms with E-state index in [4.69, 9.17) is 4.42 Å². The third kappa shape index (κ3) is 1.40. The van der Waals surface area contributed by atoms with Crippen molar-refractivity contribution in [1.82, 2.24) is 5.32 Å². The van der Waals surface area contributed by atoms with Crippen molar-refractivity contribution in [2.75, 3.05) is 7.05 Å². The summed E-state index contributed by atoms with van der Waals surface area (Å²) >= 11 is 0. The van der Waals surface area contributed by atoms with E-state index in [1.807, 2.05) is 14.0 Å². The van der Waals surface area contributed by atoms with Gasteiger partial charge in [-0.3, -0.25) is 0 Å². The Morgan fingerprint density at radius 1 is 1.43 bits per heavy atom. The first kappa shape index (κ1) is 9.21. The quantitative estimate of drug-likeness (QED) is 0.793. The lowest BCUT2D eigenvalue weighted by atomic mass is 10.1. The second-order valence-corrected chi connectivity index (χ2v) is 3.34. The van der Waals surface area contributed by atoms with Gasteiger partial charge in [-0.25, -0.2) is 4.39 Å². The van der Waals surface area contributed by atoms with Crippen LogP contribution in [0.1, 0.15) is 18.5 Å². The number of furan rings is 1. The average molecular weight is 193 g/mol. The summed E-state index contributed by atoms with van der Waals surface area (Å²) < 4.78 is 18.1. The highest BCUT2D eigenvalue weighted by Crippen LogP contribution is 2.26. The van der Waals surface area contributed by atoms with E-state index in [1.54, 1.807) is 12.3 Å². The van der Waals surface area contributed by atoms with Gasteiger partial charge < -0.3 is 9.73 Å². The molecule has 14 heavy (non-hydrogen) atoms. The molecule has 2 nitrogen and oxygen atoms in total. The van der Waals surface area contributed by atoms with E-state index in [1.165, 1.54) is 12.1 Å². The lowest BCUT2D eigenvalue weighted by Gasteiger charge is -2.06. The van der Waals surface area contributed by atoms with Gasteiger partial charge in [0.2, 0.25) is 0 Å². The van der Waals surface area contributed by atoms with Gasteiger partial charge in [-0.05, 0) is 26.1 Å². The maximum atomic E-state index is 12.9. The van der Waals surface area contributed by atoms with Gasteiger partial charge in [0.25, 0.3) is 0 Å². The molecule has 3 heteroatoms. The van der Waals surface area contributed by atoms with Crippen molar-refractivity contribution in [1.29, 1.82) is 0 Å². The number of hydrogen-bond acceptors (Lipinski definition) is 2. The van der Waals surface area contributed by atoms with Crippen LogP contribution in [0.4, 0.5) is 4.39 Å². The third-order valence-electron chi connectivity index (χ3n) is 2.47. The molecule has 0 aliphatic carbocycles. The minimum absolute atomic E-state index is 0.210. The number of hydrogen-bond donors (Lipinski definition) is 1. The van der Waals surface area contributed by atoms with Gasteiger partial charge in [0, 0.05) is 23.1 Å². The molecule has 1 unspecified atom stereocenters. The van der Waals surface area contributed by atoms with Crippen LogP contribution in [0.5, 0.6) is 0 Å². The molecule has 0 fully saturated rings. The van der Waals surface area contributed by atoms with Crippen molar-refractivity contribution in [2.24, 2.45) is 0 Å². The van der Waals surface area contributed by atoms with E-state index in [0.29, 0.717) is 5.58 Å². The molecule has 0 aliphatic rings. The molecule has 74 valence electrons. The fourth-order valence-electron chi connectivity index (χ4n) is 1.51. The fraction of sp³-hybridized carbons (Fsp3) is 0.273. The van der Waals surface area contributed by atoms with Crippen molar-refractivity contribution < 1.29 is 8.81 Å². The zero-order valence-electron chi connectivity index (χ0n) is 8.17. The Morgan fingerprint density at radius 2 is 2.21 bits per heavy atom. The second-order valence-electron chi connectivity index (χ2n) is 3.34. The summed E-state index contributed by atoms with van der Waals surface area (Å²) in [6.45, 7) is 2.04. The number of nitrogens with one attached hydrogen (secondary N) is 1. The van der Waals surface area contributed by atoms with E-state index in [2.05, 4.69) is 5.32 Å². The molecule has 1 aromatic carbocycles. The van der Waals surface area contributed by atoms with Crippen LogP contribution in [-0.4, -0.2) is 7.05 Å². The van der Waals surface area contributed by atoms with Gasteiger partial charge in [0.05, 0.1) is 6.26 Å². The Balaban J connectivity index is 2.58. The van der Waals surface area contributed by atoms with Crippen LogP contribution >= 0.6 is 0 Å². The van der Waals surface area contributed by atoms with Crippen LogP contribution in [0.3, 0.4) is 0 Å². The number of rotatable bonds is 2. The maximum absolute atomic E-state index is 12.9. The molecule has 0 saturated heterocycles. The van der Waals surface area contributed by atoms with Crippen LogP contribution in [0.2, 0.25) is 0 Å². The summed E-state index contributed by atoms with van der Waals surface area (Å²) in [5, 5.41) is 4.09. The summed E-state index contributed by atoms with van der Waals surface area (Å²) in [5.74, 6) is -0.268. The Labute approximate surface area is 81.7 Å². The molecule has 1 heterocycles. The largest absolute Gasteiger partial charge is 0.464 e. The number of benzene rings is 1. The minimum Gasteiger partial charge on any atom is -0.464 e. The molecule has 2 aromatic rings. The van der Waals surface area contributed by atoms with Crippen LogP contribution in [0.15, 0.2) is 28.9 Å². The Bertz CT molecular complexity index is 449. The molecule has 1 N–H and O–H groups in total. The monoisotopic (exact) mass is 193 g/mol. The molecule has 2 rings (SSSR count). The zero-order valence-corrected chi connectivity index (χ0v) is 8.17. The van der Waals surface area contributed by atoms with Crippen molar-refractivity contribution >= 4 is 11.0 Å². The summed E-state index contributed by atoms with van der Waals surface area (Å²) in [4.78, 5) is 0. The third-order valence-corrected chi connectivity index (χ3v) is 2.47. The molecule has 0 saturated carbocycles. The first-order valence-corrected chi connectivity index (χ1v) is 4.56. The maximum Gasteiger partial charge on any atom is 0.137 e. The molecule has 0 spiro atoms. The van der Waals surface area contributed by atoms with Gasteiger partial charge in [-0.1, -0.05) is 0 Å². The van der Waals surface area contributed by atoms with E-state index in [-0.39, 0.29) is 11.9 Å². The van der Waals surface area contributed by atoms with Crippen LogP contribution in [0.25, 0.3) is 11.0 Å². The molecule has 0 bridgehead atoms. The Hall–Kier alpha value is -1.35. The predicted octanol–water partition coefficient (Wildman–Crippen LogP) is 2.85. The van der Waals surface area contributed by atoms with Gasteiger partial charge in [0.15, 0.2) is 0 Å². The molecule has 0 aliphatic heterocycles. The van der Waals surface area contributed by atoms with Gasteiger partial charge in [-0.2, -0.15) is 0 Å². The highest BCUT2D eigenvalue weighted by molar-refractivity contribution is 5.81. The van der Waals surface area contributed by atoms with E-state index >= 15 is 0 Å². The van der Waals surface area contributed by atoms with Crippen LogP contribution in [0, 0.1) is 5.82 Å². The second kappa shape index (κ2) is 3.42.